The Morgan fingerprint density at radius 2 is 1.60 bits per heavy atom. The lowest BCUT2D eigenvalue weighted by Gasteiger charge is -2.29. The second-order valence-electron chi connectivity index (χ2n) is 6.58. The van der Waals surface area contributed by atoms with Gasteiger partial charge in [0.05, 0.1) is 0 Å². The molecule has 0 saturated carbocycles. The van der Waals surface area contributed by atoms with Crippen molar-refractivity contribution >= 4 is 21.5 Å². The van der Waals surface area contributed by atoms with E-state index in [0.717, 1.165) is 12.1 Å². The number of nitrogens with one attached hydrogen (secondary N) is 1. The van der Waals surface area contributed by atoms with Gasteiger partial charge in [-0.05, 0) is 63.9 Å². The predicted octanol–water partition coefficient (Wildman–Crippen LogP) is 4.20. The zero-order valence-electron chi connectivity index (χ0n) is 15.5. The van der Waals surface area contributed by atoms with E-state index < -0.39 is 10.0 Å². The molecule has 0 aliphatic carbocycles. The Kier molecular flexibility index (Phi) is 6.19. The number of aryl methyl sites for hydroxylation is 1. The van der Waals surface area contributed by atoms with E-state index in [0.29, 0.717) is 5.82 Å². The molecular formula is C19H27N3O2S. The van der Waals surface area contributed by atoms with E-state index in [1.807, 2.05) is 39.8 Å². The summed E-state index contributed by atoms with van der Waals surface area (Å²) in [6.07, 6.45) is 2.41. The van der Waals surface area contributed by atoms with Crippen LogP contribution in [0.25, 0.3) is 0 Å². The highest BCUT2D eigenvalue weighted by Gasteiger charge is 2.29. The fourth-order valence-electron chi connectivity index (χ4n) is 2.85. The number of pyridine rings is 1. The van der Waals surface area contributed by atoms with Gasteiger partial charge in [0.25, 0.3) is 0 Å². The van der Waals surface area contributed by atoms with Crippen molar-refractivity contribution in [1.29, 1.82) is 0 Å². The summed E-state index contributed by atoms with van der Waals surface area (Å²) in [6, 6.07) is 11.2. The van der Waals surface area contributed by atoms with Gasteiger partial charge in [-0.15, -0.1) is 0 Å². The predicted molar refractivity (Wildman–Crippen MR) is 103 cm³/mol. The topological polar surface area (TPSA) is 62.3 Å². The van der Waals surface area contributed by atoms with Crippen molar-refractivity contribution in [2.45, 2.75) is 58.0 Å². The second-order valence-corrected chi connectivity index (χ2v) is 8.42. The number of hydrogen-bond acceptors (Lipinski definition) is 4. The summed E-state index contributed by atoms with van der Waals surface area (Å²) in [5.74, 6) is 0.615. The van der Waals surface area contributed by atoms with Crippen molar-refractivity contribution in [3.63, 3.8) is 0 Å². The van der Waals surface area contributed by atoms with Gasteiger partial charge in [0.15, 0.2) is 0 Å². The number of sulfonamides is 1. The Labute approximate surface area is 151 Å². The summed E-state index contributed by atoms with van der Waals surface area (Å²) in [5, 5.41) is 3.19. The molecule has 0 unspecified atom stereocenters. The van der Waals surface area contributed by atoms with E-state index in [2.05, 4.69) is 29.4 Å². The summed E-state index contributed by atoms with van der Waals surface area (Å²) in [6.45, 7) is 9.62. The smallest absolute Gasteiger partial charge is 0.245 e. The van der Waals surface area contributed by atoms with Crippen LogP contribution in [0.15, 0.2) is 47.5 Å². The van der Waals surface area contributed by atoms with E-state index in [4.69, 9.17) is 0 Å². The van der Waals surface area contributed by atoms with Crippen molar-refractivity contribution < 1.29 is 8.42 Å². The van der Waals surface area contributed by atoms with Crippen LogP contribution < -0.4 is 5.32 Å². The Bertz CT molecular complexity index is 774. The van der Waals surface area contributed by atoms with Crippen molar-refractivity contribution in [3.05, 3.63) is 48.2 Å². The highest BCUT2D eigenvalue weighted by atomic mass is 32.2. The monoisotopic (exact) mass is 361 g/mol. The van der Waals surface area contributed by atoms with Gasteiger partial charge < -0.3 is 5.32 Å². The molecule has 0 aliphatic heterocycles. The highest BCUT2D eigenvalue weighted by molar-refractivity contribution is 7.89. The average molecular weight is 362 g/mol. The second kappa shape index (κ2) is 7.97. The Morgan fingerprint density at radius 1 is 1.00 bits per heavy atom. The number of benzene rings is 1. The molecule has 25 heavy (non-hydrogen) atoms. The molecular weight excluding hydrogens is 334 g/mol. The van der Waals surface area contributed by atoms with Crippen molar-refractivity contribution in [1.82, 2.24) is 9.29 Å². The van der Waals surface area contributed by atoms with Crippen molar-refractivity contribution in [3.8, 4) is 0 Å². The third kappa shape index (κ3) is 4.58. The van der Waals surface area contributed by atoms with Crippen LogP contribution in [0.2, 0.25) is 0 Å². The summed E-state index contributed by atoms with van der Waals surface area (Å²) in [4.78, 5) is 4.48. The Morgan fingerprint density at radius 3 is 2.04 bits per heavy atom. The molecule has 2 aromatic rings. The molecule has 136 valence electrons. The normalized spacial score (nSPS) is 12.2. The van der Waals surface area contributed by atoms with Crippen LogP contribution in [0.4, 0.5) is 11.5 Å². The molecule has 0 fully saturated rings. The first-order valence-electron chi connectivity index (χ1n) is 8.61. The lowest BCUT2D eigenvalue weighted by molar-refractivity contribution is 0.302. The largest absolute Gasteiger partial charge is 0.340 e. The zero-order chi connectivity index (χ0) is 18.6. The summed E-state index contributed by atoms with van der Waals surface area (Å²) < 4.78 is 27.1. The maximum absolute atomic E-state index is 12.8. The van der Waals surface area contributed by atoms with Gasteiger partial charge in [0.1, 0.15) is 10.7 Å². The first-order valence-corrected chi connectivity index (χ1v) is 10.0. The van der Waals surface area contributed by atoms with Crippen LogP contribution in [-0.4, -0.2) is 29.8 Å². The Balaban J connectivity index is 2.20. The van der Waals surface area contributed by atoms with Crippen LogP contribution in [-0.2, 0) is 16.4 Å². The molecule has 0 amide bonds. The minimum atomic E-state index is -3.56. The van der Waals surface area contributed by atoms with Gasteiger partial charge in [-0.2, -0.15) is 4.31 Å². The van der Waals surface area contributed by atoms with E-state index in [1.165, 1.54) is 16.1 Å². The molecule has 0 bridgehead atoms. The van der Waals surface area contributed by atoms with Crippen molar-refractivity contribution in [2.24, 2.45) is 0 Å². The molecule has 1 aromatic carbocycles. The molecule has 0 saturated heterocycles. The molecule has 1 aromatic heterocycles. The number of nitrogens with zero attached hydrogens (tertiary/aromatic N) is 2. The van der Waals surface area contributed by atoms with Gasteiger partial charge in [0, 0.05) is 24.0 Å². The summed E-state index contributed by atoms with van der Waals surface area (Å²) in [5.41, 5.74) is 2.19. The first-order chi connectivity index (χ1) is 11.8. The maximum atomic E-state index is 12.8. The third-order valence-electron chi connectivity index (χ3n) is 3.96. The Hall–Kier alpha value is -1.92. The molecule has 0 aliphatic rings. The quantitative estimate of drug-likeness (QED) is 0.803. The van der Waals surface area contributed by atoms with Crippen LogP contribution in [0.5, 0.6) is 0 Å². The van der Waals surface area contributed by atoms with E-state index in [-0.39, 0.29) is 17.0 Å². The number of anilines is 2. The van der Waals surface area contributed by atoms with Crippen molar-refractivity contribution in [2.75, 3.05) is 5.32 Å². The van der Waals surface area contributed by atoms with E-state index >= 15 is 0 Å². The van der Waals surface area contributed by atoms with Gasteiger partial charge in [-0.1, -0.05) is 19.1 Å². The van der Waals surface area contributed by atoms with Crippen LogP contribution in [0.3, 0.4) is 0 Å². The minimum Gasteiger partial charge on any atom is -0.340 e. The van der Waals surface area contributed by atoms with Crippen LogP contribution >= 0.6 is 0 Å². The number of hydrogen-bond donors (Lipinski definition) is 1. The van der Waals surface area contributed by atoms with Gasteiger partial charge in [-0.25, -0.2) is 13.4 Å². The minimum absolute atomic E-state index is 0.111. The fraction of sp³-hybridized carbons (Fsp3) is 0.421. The van der Waals surface area contributed by atoms with E-state index in [9.17, 15) is 8.42 Å². The lowest BCUT2D eigenvalue weighted by Crippen LogP contribution is -2.41. The van der Waals surface area contributed by atoms with Crippen LogP contribution in [0.1, 0.15) is 40.2 Å². The molecule has 5 nitrogen and oxygen atoms in total. The highest BCUT2D eigenvalue weighted by Crippen LogP contribution is 2.22. The van der Waals surface area contributed by atoms with E-state index in [1.54, 1.807) is 12.1 Å². The van der Waals surface area contributed by atoms with Crippen LogP contribution in [0, 0.1) is 0 Å². The standard InChI is InChI=1S/C19H27N3O2S/c1-6-16-7-9-17(10-8-16)21-19-12-11-18(13-20-19)25(23,24)22(14(2)3)15(4)5/h7-15H,6H2,1-5H3,(H,20,21). The molecule has 1 N–H and O–H groups in total. The maximum Gasteiger partial charge on any atom is 0.245 e. The first kappa shape index (κ1) is 19.4. The molecule has 6 heteroatoms. The summed E-state index contributed by atoms with van der Waals surface area (Å²) in [7, 11) is -3.56. The molecule has 0 spiro atoms. The lowest BCUT2D eigenvalue weighted by atomic mass is 10.1. The molecule has 0 radical (unpaired) electrons. The number of aromatic nitrogens is 1. The average Bonchev–Trinajstić information content (AvgIpc) is 2.55. The third-order valence-corrected chi connectivity index (χ3v) is 6.20. The molecule has 2 rings (SSSR count). The zero-order valence-corrected chi connectivity index (χ0v) is 16.3. The van der Waals surface area contributed by atoms with Gasteiger partial charge in [-0.3, -0.25) is 0 Å². The van der Waals surface area contributed by atoms with Gasteiger partial charge in [0.2, 0.25) is 10.0 Å². The molecule has 0 atom stereocenters. The summed E-state index contributed by atoms with van der Waals surface area (Å²) >= 11 is 0. The number of rotatable bonds is 7. The molecule has 1 heterocycles. The fourth-order valence-corrected chi connectivity index (χ4v) is 4.63. The van der Waals surface area contributed by atoms with Gasteiger partial charge >= 0.3 is 0 Å². The SMILES string of the molecule is CCc1ccc(Nc2ccc(S(=O)(=O)N(C(C)C)C(C)C)cn2)cc1.